The number of esters is 1. The van der Waals surface area contributed by atoms with Crippen LogP contribution in [0.1, 0.15) is 20.8 Å². The largest absolute Gasteiger partial charge is 0.455 e. The van der Waals surface area contributed by atoms with Crippen LogP contribution in [0.25, 0.3) is 0 Å². The highest BCUT2D eigenvalue weighted by Crippen LogP contribution is 2.16. The van der Waals surface area contributed by atoms with E-state index in [1.54, 1.807) is 45.4 Å². The molecule has 0 fully saturated rings. The molecule has 0 saturated carbocycles. The Labute approximate surface area is 89.1 Å². The molecule has 81 valence electrons. The Kier molecular flexibility index (Phi) is 3.45. The van der Waals surface area contributed by atoms with Gasteiger partial charge in [-0.25, -0.2) is 4.79 Å². The fourth-order valence-corrected chi connectivity index (χ4v) is 1.02. The molecule has 15 heavy (non-hydrogen) atoms. The van der Waals surface area contributed by atoms with Gasteiger partial charge in [-0.1, -0.05) is 18.2 Å². The second kappa shape index (κ2) is 4.43. The Balaban J connectivity index is 2.64. The van der Waals surface area contributed by atoms with Crippen molar-refractivity contribution >= 4 is 5.97 Å². The number of rotatable bonds is 2. The van der Waals surface area contributed by atoms with Crippen molar-refractivity contribution in [3.05, 3.63) is 42.1 Å². The molecule has 0 saturated heterocycles. The first kappa shape index (κ1) is 11.7. The van der Waals surface area contributed by atoms with Gasteiger partial charge in [-0.15, -0.1) is 0 Å². The third-order valence-corrected chi connectivity index (χ3v) is 1.58. The van der Waals surface area contributed by atoms with Gasteiger partial charge in [0, 0.05) is 6.42 Å². The van der Waals surface area contributed by atoms with E-state index >= 15 is 0 Å². The third kappa shape index (κ3) is 4.11. The third-order valence-electron chi connectivity index (χ3n) is 1.58. The van der Waals surface area contributed by atoms with Crippen molar-refractivity contribution in [2.75, 3.05) is 0 Å². The van der Waals surface area contributed by atoms with E-state index in [0.29, 0.717) is 5.57 Å². The monoisotopic (exact) mass is 209 g/mol. The Morgan fingerprint density at radius 1 is 1.47 bits per heavy atom. The molecule has 0 aromatic heterocycles. The van der Waals surface area contributed by atoms with Crippen LogP contribution in [-0.4, -0.2) is 11.6 Å². The minimum Gasteiger partial charge on any atom is -0.455 e. The Hall–Kier alpha value is -1.38. The van der Waals surface area contributed by atoms with Crippen molar-refractivity contribution in [2.24, 2.45) is 0 Å². The first-order chi connectivity index (χ1) is 6.88. The summed E-state index contributed by atoms with van der Waals surface area (Å²) < 4.78 is 18.1. The quantitative estimate of drug-likeness (QED) is 0.516. The van der Waals surface area contributed by atoms with E-state index < -0.39 is 17.4 Å². The average molecular weight is 209 g/mol. The smallest absolute Gasteiger partial charge is 0.367 e. The topological polar surface area (TPSA) is 26.3 Å². The molecule has 0 N–H and O–H groups in total. The highest BCUT2D eigenvalue weighted by Gasteiger charge is 2.19. The molecule has 2 nitrogen and oxygen atoms in total. The minimum atomic E-state index is -0.927. The van der Waals surface area contributed by atoms with Crippen LogP contribution < -0.4 is 0 Å². The highest BCUT2D eigenvalue weighted by atomic mass is 19.1. The van der Waals surface area contributed by atoms with E-state index in [1.165, 1.54) is 0 Å². The van der Waals surface area contributed by atoms with E-state index in [2.05, 4.69) is 0 Å². The number of hydrogen-bond acceptors (Lipinski definition) is 2. The summed E-state index contributed by atoms with van der Waals surface area (Å²) in [5, 5.41) is 0. The van der Waals surface area contributed by atoms with Gasteiger partial charge in [-0.2, -0.15) is 4.39 Å². The lowest BCUT2D eigenvalue weighted by molar-refractivity contribution is -0.151. The highest BCUT2D eigenvalue weighted by molar-refractivity contribution is 5.87. The Bertz CT molecular complexity index is 343. The first-order valence-electron chi connectivity index (χ1n) is 4.71. The fourth-order valence-electron chi connectivity index (χ4n) is 1.02. The van der Waals surface area contributed by atoms with Gasteiger partial charge in [0.05, 0.1) is 0 Å². The molecule has 1 aliphatic carbocycles. The van der Waals surface area contributed by atoms with Gasteiger partial charge >= 0.3 is 5.97 Å². The number of allylic oxidation sites excluding steroid dienone is 5. The lowest BCUT2D eigenvalue weighted by atomic mass is 10.2. The summed E-state index contributed by atoms with van der Waals surface area (Å²) in [7, 11) is 0. The molecule has 0 aromatic carbocycles. The zero-order valence-electron chi connectivity index (χ0n) is 9.08. The second-order valence-corrected chi connectivity index (χ2v) is 4.21. The number of halogens is 1. The second-order valence-electron chi connectivity index (χ2n) is 4.21. The Morgan fingerprint density at radius 2 is 2.13 bits per heavy atom. The molecule has 0 unspecified atom stereocenters. The van der Waals surface area contributed by atoms with Crippen molar-refractivity contribution in [1.29, 1.82) is 0 Å². The van der Waals surface area contributed by atoms with Crippen LogP contribution in [0.3, 0.4) is 0 Å². The van der Waals surface area contributed by atoms with Crippen LogP contribution in [0, 0.1) is 6.42 Å². The zero-order valence-corrected chi connectivity index (χ0v) is 9.08. The van der Waals surface area contributed by atoms with Gasteiger partial charge in [0.15, 0.2) is 0 Å². The van der Waals surface area contributed by atoms with Gasteiger partial charge in [-0.05, 0) is 32.4 Å². The van der Waals surface area contributed by atoms with Gasteiger partial charge < -0.3 is 4.74 Å². The van der Waals surface area contributed by atoms with Crippen molar-refractivity contribution < 1.29 is 13.9 Å². The molecule has 0 bridgehead atoms. The van der Waals surface area contributed by atoms with E-state index in [4.69, 9.17) is 4.74 Å². The maximum atomic E-state index is 13.3. The number of carbonyl (C=O) groups excluding carboxylic acids is 1. The summed E-state index contributed by atoms with van der Waals surface area (Å²) >= 11 is 0. The molecule has 0 aromatic rings. The molecule has 1 radical (unpaired) electrons. The summed E-state index contributed by atoms with van der Waals surface area (Å²) in [5.74, 6) is -1.81. The molecule has 0 amide bonds. The van der Waals surface area contributed by atoms with E-state index in [0.717, 1.165) is 6.08 Å². The first-order valence-corrected chi connectivity index (χ1v) is 4.71. The van der Waals surface area contributed by atoms with Gasteiger partial charge in [0.1, 0.15) is 5.60 Å². The summed E-state index contributed by atoms with van der Waals surface area (Å²) in [6.45, 7) is 5.09. The normalized spacial score (nSPS) is 16.5. The van der Waals surface area contributed by atoms with Crippen LogP contribution in [0.4, 0.5) is 4.39 Å². The van der Waals surface area contributed by atoms with Gasteiger partial charge in [-0.3, -0.25) is 0 Å². The lowest BCUT2D eigenvalue weighted by Crippen LogP contribution is -2.24. The van der Waals surface area contributed by atoms with Crippen molar-refractivity contribution in [3.63, 3.8) is 0 Å². The molecule has 0 spiro atoms. The van der Waals surface area contributed by atoms with Gasteiger partial charge in [0.25, 0.3) is 0 Å². The van der Waals surface area contributed by atoms with Crippen LogP contribution in [0.15, 0.2) is 35.7 Å². The minimum absolute atomic E-state index is 0.651. The zero-order chi connectivity index (χ0) is 11.5. The van der Waals surface area contributed by atoms with Gasteiger partial charge in [0.2, 0.25) is 5.83 Å². The molecular weight excluding hydrogens is 195 g/mol. The summed E-state index contributed by atoms with van der Waals surface area (Å²) in [6, 6.07) is 0. The summed E-state index contributed by atoms with van der Waals surface area (Å²) in [4.78, 5) is 11.2. The van der Waals surface area contributed by atoms with E-state index in [1.807, 2.05) is 0 Å². The lowest BCUT2D eigenvalue weighted by Gasteiger charge is -2.18. The molecule has 1 rings (SSSR count). The number of carbonyl (C=O) groups is 1. The molecule has 0 aliphatic heterocycles. The summed E-state index contributed by atoms with van der Waals surface area (Å²) in [6.07, 6.45) is 8.13. The predicted molar refractivity (Wildman–Crippen MR) is 56.6 cm³/mol. The van der Waals surface area contributed by atoms with Crippen molar-refractivity contribution in [3.8, 4) is 0 Å². The SMILES string of the molecule is CC(C)(C)OC(=O)/C(F)=C\C1=C[CH]C=C1. The van der Waals surface area contributed by atoms with Crippen LogP contribution in [0.2, 0.25) is 0 Å². The number of hydrogen-bond donors (Lipinski definition) is 0. The fraction of sp³-hybridized carbons (Fsp3) is 0.333. The molecule has 3 heteroatoms. The van der Waals surface area contributed by atoms with Crippen LogP contribution in [-0.2, 0) is 9.53 Å². The standard InChI is InChI=1S/C12H14FO2/c1-12(2,3)15-11(14)10(13)8-9-6-4-5-7-9/h4-8H,1-3H3/b10-8+. The molecule has 1 aliphatic rings. The Morgan fingerprint density at radius 3 is 2.60 bits per heavy atom. The van der Waals surface area contributed by atoms with E-state index in [9.17, 15) is 9.18 Å². The van der Waals surface area contributed by atoms with E-state index in [-0.39, 0.29) is 0 Å². The molecule has 0 heterocycles. The van der Waals surface area contributed by atoms with Crippen molar-refractivity contribution in [2.45, 2.75) is 26.4 Å². The predicted octanol–water partition coefficient (Wildman–Crippen LogP) is 2.88. The maximum Gasteiger partial charge on any atom is 0.367 e. The molecule has 0 atom stereocenters. The van der Waals surface area contributed by atoms with Crippen molar-refractivity contribution in [1.82, 2.24) is 0 Å². The number of ether oxygens (including phenoxy) is 1. The summed E-state index contributed by atoms with van der Waals surface area (Å²) in [5.41, 5.74) is -0.0211. The maximum absolute atomic E-state index is 13.3. The van der Waals surface area contributed by atoms with Crippen LogP contribution in [0.5, 0.6) is 0 Å². The average Bonchev–Trinajstić information content (AvgIpc) is 2.53. The molecular formula is C12H14FO2. The van der Waals surface area contributed by atoms with Crippen LogP contribution >= 0.6 is 0 Å².